The van der Waals surface area contributed by atoms with E-state index in [9.17, 15) is 14.0 Å². The van der Waals surface area contributed by atoms with Gasteiger partial charge in [-0.15, -0.1) is 0 Å². The van der Waals surface area contributed by atoms with Crippen molar-refractivity contribution >= 4 is 17.6 Å². The summed E-state index contributed by atoms with van der Waals surface area (Å²) < 4.78 is 13.6. The molecule has 2 rings (SSSR count). The van der Waals surface area contributed by atoms with E-state index in [1.165, 1.54) is 6.07 Å². The van der Waals surface area contributed by atoms with Gasteiger partial charge >= 0.3 is 5.97 Å². The lowest BCUT2D eigenvalue weighted by molar-refractivity contribution is -0.145. The molecule has 1 aliphatic carbocycles. The topological polar surface area (TPSA) is 66.4 Å². The lowest BCUT2D eigenvalue weighted by Crippen LogP contribution is -2.30. The highest BCUT2D eigenvalue weighted by atomic mass is 19.1. The first-order valence-corrected chi connectivity index (χ1v) is 6.68. The third kappa shape index (κ3) is 2.98. The van der Waals surface area contributed by atoms with Crippen molar-refractivity contribution in [1.29, 1.82) is 0 Å². The molecule has 0 radical (unpaired) electrons. The van der Waals surface area contributed by atoms with Gasteiger partial charge in [0.25, 0.3) is 0 Å². The number of carboxylic acid groups (broad SMARTS) is 1. The highest BCUT2D eigenvalue weighted by molar-refractivity contribution is 5.95. The fraction of sp³-hybridized carbons (Fsp3) is 0.467. The molecule has 5 heteroatoms. The first kappa shape index (κ1) is 14.5. The smallest absolute Gasteiger partial charge is 0.307 e. The number of aryl methyl sites for hydroxylation is 1. The van der Waals surface area contributed by atoms with Crippen LogP contribution in [0, 0.1) is 30.5 Å². The van der Waals surface area contributed by atoms with Gasteiger partial charge in [0.1, 0.15) is 5.82 Å². The van der Waals surface area contributed by atoms with E-state index in [4.69, 9.17) is 5.11 Å². The average Bonchev–Trinajstić information content (AvgIpc) is 2.76. The fourth-order valence-electron chi connectivity index (χ4n) is 2.81. The van der Waals surface area contributed by atoms with Crippen molar-refractivity contribution in [2.75, 3.05) is 5.32 Å². The van der Waals surface area contributed by atoms with Crippen molar-refractivity contribution in [2.24, 2.45) is 17.8 Å². The summed E-state index contributed by atoms with van der Waals surface area (Å²) in [5.74, 6) is -2.97. The maximum atomic E-state index is 13.6. The number of anilines is 1. The van der Waals surface area contributed by atoms with Gasteiger partial charge in [0, 0.05) is 0 Å². The van der Waals surface area contributed by atoms with E-state index < -0.39 is 29.5 Å². The Labute approximate surface area is 117 Å². The van der Waals surface area contributed by atoms with Crippen molar-refractivity contribution in [3.63, 3.8) is 0 Å². The largest absolute Gasteiger partial charge is 0.481 e. The predicted molar refractivity (Wildman–Crippen MR) is 72.8 cm³/mol. The van der Waals surface area contributed by atoms with Gasteiger partial charge in [0.15, 0.2) is 0 Å². The van der Waals surface area contributed by atoms with Gasteiger partial charge in [0.2, 0.25) is 5.91 Å². The first-order valence-electron chi connectivity index (χ1n) is 6.68. The number of benzene rings is 1. The molecule has 0 aliphatic heterocycles. The average molecular weight is 279 g/mol. The number of nitrogens with one attached hydrogen (secondary N) is 1. The number of aliphatic carboxylic acids is 1. The summed E-state index contributed by atoms with van der Waals surface area (Å²) in [5, 5.41) is 11.7. The Balaban J connectivity index is 2.15. The molecule has 1 saturated carbocycles. The predicted octanol–water partition coefficient (Wildman–Crippen LogP) is 2.82. The van der Waals surface area contributed by atoms with Gasteiger partial charge in [0.05, 0.1) is 17.5 Å². The van der Waals surface area contributed by atoms with Crippen molar-refractivity contribution in [2.45, 2.75) is 26.7 Å². The standard InChI is InChI=1S/C15H18FNO3/c1-8-3-4-12(16)13(7-8)17-14(18)10-5-9(2)6-11(10)15(19)20/h3-4,7,9-11H,5-6H2,1-2H3,(H,17,18)(H,19,20). The molecule has 3 unspecified atom stereocenters. The quantitative estimate of drug-likeness (QED) is 0.894. The minimum absolute atomic E-state index is 0.110. The molecule has 1 aromatic rings. The number of hydrogen-bond acceptors (Lipinski definition) is 2. The SMILES string of the molecule is Cc1ccc(F)c(NC(=O)C2CC(C)CC2C(=O)O)c1. The molecule has 1 aliphatic rings. The van der Waals surface area contributed by atoms with Crippen LogP contribution in [-0.4, -0.2) is 17.0 Å². The Hall–Kier alpha value is -1.91. The summed E-state index contributed by atoms with van der Waals surface area (Å²) in [7, 11) is 0. The van der Waals surface area contributed by atoms with Crippen LogP contribution in [0.2, 0.25) is 0 Å². The summed E-state index contributed by atoms with van der Waals surface area (Å²) in [6.45, 7) is 3.73. The maximum absolute atomic E-state index is 13.6. The van der Waals surface area contributed by atoms with Gasteiger partial charge in [-0.2, -0.15) is 0 Å². The molecule has 2 N–H and O–H groups in total. The van der Waals surface area contributed by atoms with E-state index in [0.717, 1.165) is 5.56 Å². The Morgan fingerprint density at radius 1 is 1.30 bits per heavy atom. The molecule has 1 aromatic carbocycles. The first-order chi connectivity index (χ1) is 9.38. The van der Waals surface area contributed by atoms with Crippen molar-refractivity contribution < 1.29 is 19.1 Å². The zero-order valence-electron chi connectivity index (χ0n) is 11.5. The van der Waals surface area contributed by atoms with Crippen LogP contribution in [0.4, 0.5) is 10.1 Å². The number of hydrogen-bond donors (Lipinski definition) is 2. The van der Waals surface area contributed by atoms with Gasteiger partial charge in [-0.25, -0.2) is 4.39 Å². The number of carboxylic acids is 1. The molecule has 0 spiro atoms. The third-order valence-corrected chi connectivity index (χ3v) is 3.83. The lowest BCUT2D eigenvalue weighted by atomic mass is 9.95. The zero-order valence-corrected chi connectivity index (χ0v) is 11.5. The molecule has 0 heterocycles. The molecule has 0 saturated heterocycles. The van der Waals surface area contributed by atoms with Gasteiger partial charge in [-0.3, -0.25) is 9.59 Å². The second kappa shape index (κ2) is 5.61. The fourth-order valence-corrected chi connectivity index (χ4v) is 2.81. The minimum Gasteiger partial charge on any atom is -0.481 e. The highest BCUT2D eigenvalue weighted by Crippen LogP contribution is 2.37. The number of carbonyl (C=O) groups excluding carboxylic acids is 1. The molecule has 1 amide bonds. The molecule has 1 fully saturated rings. The highest BCUT2D eigenvalue weighted by Gasteiger charge is 2.41. The number of rotatable bonds is 3. The zero-order chi connectivity index (χ0) is 14.9. The summed E-state index contributed by atoms with van der Waals surface area (Å²) >= 11 is 0. The van der Waals surface area contributed by atoms with Crippen LogP contribution in [-0.2, 0) is 9.59 Å². The van der Waals surface area contributed by atoms with E-state index in [0.29, 0.717) is 12.8 Å². The minimum atomic E-state index is -0.959. The molecule has 0 aromatic heterocycles. The van der Waals surface area contributed by atoms with Crippen molar-refractivity contribution in [3.05, 3.63) is 29.6 Å². The Bertz CT molecular complexity index is 544. The van der Waals surface area contributed by atoms with Crippen LogP contribution in [0.1, 0.15) is 25.3 Å². The lowest BCUT2D eigenvalue weighted by Gasteiger charge is -2.16. The summed E-state index contributed by atoms with van der Waals surface area (Å²) in [4.78, 5) is 23.4. The van der Waals surface area contributed by atoms with Crippen LogP contribution in [0.5, 0.6) is 0 Å². The van der Waals surface area contributed by atoms with Crippen LogP contribution in [0.25, 0.3) is 0 Å². The van der Waals surface area contributed by atoms with E-state index in [2.05, 4.69) is 5.32 Å². The normalized spacial score (nSPS) is 25.4. The van der Waals surface area contributed by atoms with Gasteiger partial charge in [-0.1, -0.05) is 13.0 Å². The Morgan fingerprint density at radius 3 is 2.60 bits per heavy atom. The monoisotopic (exact) mass is 279 g/mol. The summed E-state index contributed by atoms with van der Waals surface area (Å²) in [5.41, 5.74) is 0.940. The van der Waals surface area contributed by atoms with Crippen LogP contribution in [0.15, 0.2) is 18.2 Å². The molecule has 3 atom stereocenters. The molecular formula is C15H18FNO3. The van der Waals surface area contributed by atoms with E-state index >= 15 is 0 Å². The number of amides is 1. The summed E-state index contributed by atoms with van der Waals surface area (Å²) in [6.07, 6.45) is 1.01. The number of carbonyl (C=O) groups is 2. The van der Waals surface area contributed by atoms with Crippen molar-refractivity contribution in [3.8, 4) is 0 Å². The Morgan fingerprint density at radius 2 is 1.95 bits per heavy atom. The Kier molecular flexibility index (Phi) is 4.06. The number of halogens is 1. The van der Waals surface area contributed by atoms with Crippen molar-refractivity contribution in [1.82, 2.24) is 0 Å². The van der Waals surface area contributed by atoms with Gasteiger partial charge < -0.3 is 10.4 Å². The third-order valence-electron chi connectivity index (χ3n) is 3.83. The molecule has 108 valence electrons. The van der Waals surface area contributed by atoms with Gasteiger partial charge in [-0.05, 0) is 43.4 Å². The molecule has 20 heavy (non-hydrogen) atoms. The van der Waals surface area contributed by atoms with Crippen LogP contribution in [0.3, 0.4) is 0 Å². The molecule has 4 nitrogen and oxygen atoms in total. The molecular weight excluding hydrogens is 261 g/mol. The van der Waals surface area contributed by atoms with Crippen LogP contribution >= 0.6 is 0 Å². The second-order valence-corrected chi connectivity index (χ2v) is 5.60. The maximum Gasteiger partial charge on any atom is 0.307 e. The second-order valence-electron chi connectivity index (χ2n) is 5.60. The molecule has 0 bridgehead atoms. The van der Waals surface area contributed by atoms with E-state index in [1.54, 1.807) is 19.1 Å². The van der Waals surface area contributed by atoms with Crippen LogP contribution < -0.4 is 5.32 Å². The summed E-state index contributed by atoms with van der Waals surface area (Å²) in [6, 6.07) is 4.45. The van der Waals surface area contributed by atoms with E-state index in [1.807, 2.05) is 6.92 Å². The van der Waals surface area contributed by atoms with E-state index in [-0.39, 0.29) is 11.6 Å².